The fourth-order valence-electron chi connectivity index (χ4n) is 2.73. The van der Waals surface area contributed by atoms with Crippen molar-refractivity contribution in [1.82, 2.24) is 10.2 Å². The minimum atomic E-state index is -3.66. The number of hydrogen-bond donors (Lipinski definition) is 1. The van der Waals surface area contributed by atoms with E-state index in [0.29, 0.717) is 36.9 Å². The molecule has 1 aliphatic heterocycles. The first-order chi connectivity index (χ1) is 12.2. The van der Waals surface area contributed by atoms with Crippen molar-refractivity contribution in [2.75, 3.05) is 51.0 Å². The Hall–Kier alpha value is -2.00. The predicted octanol–water partition coefficient (Wildman–Crippen LogP) is 0.680. The van der Waals surface area contributed by atoms with Crippen LogP contribution in [0, 0.1) is 0 Å². The van der Waals surface area contributed by atoms with Gasteiger partial charge in [0, 0.05) is 12.6 Å². The van der Waals surface area contributed by atoms with Gasteiger partial charge in [0.2, 0.25) is 15.9 Å². The predicted molar refractivity (Wildman–Crippen MR) is 100 cm³/mol. The van der Waals surface area contributed by atoms with E-state index in [-0.39, 0.29) is 5.91 Å². The summed E-state index contributed by atoms with van der Waals surface area (Å²) in [6.45, 7) is 3.75. The molecule has 0 unspecified atom stereocenters. The minimum absolute atomic E-state index is 0.343. The van der Waals surface area contributed by atoms with Crippen molar-refractivity contribution < 1.29 is 22.7 Å². The van der Waals surface area contributed by atoms with Crippen molar-refractivity contribution in [3.63, 3.8) is 0 Å². The maximum atomic E-state index is 12.5. The lowest BCUT2D eigenvalue weighted by atomic mass is 10.2. The quantitative estimate of drug-likeness (QED) is 0.662. The zero-order valence-electron chi connectivity index (χ0n) is 15.7. The van der Waals surface area contributed by atoms with Gasteiger partial charge in [-0.15, -0.1) is 0 Å². The normalized spacial score (nSPS) is 14.8. The van der Waals surface area contributed by atoms with Gasteiger partial charge in [0.05, 0.1) is 11.9 Å². The molecule has 1 N–H and O–H groups in total. The molecule has 0 aromatic heterocycles. The van der Waals surface area contributed by atoms with Crippen LogP contribution in [-0.2, 0) is 14.8 Å². The molecule has 1 amide bonds. The largest absolute Gasteiger partial charge is 0.486 e. The van der Waals surface area contributed by atoms with E-state index < -0.39 is 16.1 Å². The van der Waals surface area contributed by atoms with Crippen LogP contribution in [0.25, 0.3) is 0 Å². The lowest BCUT2D eigenvalue weighted by molar-refractivity contribution is -0.121. The number of amides is 1. The highest BCUT2D eigenvalue weighted by Gasteiger charge is 2.30. The second-order valence-corrected chi connectivity index (χ2v) is 8.37. The maximum absolute atomic E-state index is 12.5. The Labute approximate surface area is 155 Å². The summed E-state index contributed by atoms with van der Waals surface area (Å²) in [5.74, 6) is 0.694. The van der Waals surface area contributed by atoms with E-state index in [9.17, 15) is 13.2 Å². The first-order valence-corrected chi connectivity index (χ1v) is 10.4. The molecular formula is C17H27N3O5S. The van der Waals surface area contributed by atoms with Crippen LogP contribution in [0.1, 0.15) is 13.3 Å². The number of carbonyl (C=O) groups excluding carboxylic acids is 1. The molecule has 1 atom stereocenters. The molecule has 0 saturated heterocycles. The molecule has 0 fully saturated rings. The molecule has 0 saturated carbocycles. The van der Waals surface area contributed by atoms with Gasteiger partial charge in [0.25, 0.3) is 0 Å². The zero-order chi connectivity index (χ0) is 19.3. The maximum Gasteiger partial charge on any atom is 0.243 e. The van der Waals surface area contributed by atoms with Gasteiger partial charge < -0.3 is 19.7 Å². The minimum Gasteiger partial charge on any atom is -0.486 e. The average Bonchev–Trinajstić information content (AvgIpc) is 2.57. The van der Waals surface area contributed by atoms with E-state index in [1.807, 2.05) is 19.0 Å². The number of carbonyl (C=O) groups is 1. The third-order valence-electron chi connectivity index (χ3n) is 3.95. The Morgan fingerprint density at radius 2 is 1.88 bits per heavy atom. The van der Waals surface area contributed by atoms with E-state index >= 15 is 0 Å². The molecule has 1 heterocycles. The molecule has 26 heavy (non-hydrogen) atoms. The van der Waals surface area contributed by atoms with Crippen molar-refractivity contribution in [2.24, 2.45) is 0 Å². The Morgan fingerprint density at radius 3 is 2.50 bits per heavy atom. The van der Waals surface area contributed by atoms with E-state index in [0.717, 1.165) is 23.5 Å². The van der Waals surface area contributed by atoms with E-state index in [4.69, 9.17) is 9.47 Å². The molecule has 1 aliphatic rings. The molecule has 146 valence electrons. The van der Waals surface area contributed by atoms with Gasteiger partial charge in [-0.3, -0.25) is 9.10 Å². The van der Waals surface area contributed by atoms with Crippen LogP contribution in [0.2, 0.25) is 0 Å². The van der Waals surface area contributed by atoms with Crippen LogP contribution in [0.15, 0.2) is 18.2 Å². The third-order valence-corrected chi connectivity index (χ3v) is 5.19. The topological polar surface area (TPSA) is 88.2 Å². The summed E-state index contributed by atoms with van der Waals surface area (Å²) >= 11 is 0. The Bertz CT molecular complexity index is 736. The molecule has 1 aromatic rings. The molecule has 0 bridgehead atoms. The second kappa shape index (κ2) is 8.59. The molecule has 1 aromatic carbocycles. The number of anilines is 1. The van der Waals surface area contributed by atoms with Gasteiger partial charge in [-0.05, 0) is 46.1 Å². The van der Waals surface area contributed by atoms with Gasteiger partial charge in [-0.1, -0.05) is 0 Å². The molecule has 9 heteroatoms. The number of hydrogen-bond acceptors (Lipinski definition) is 6. The summed E-state index contributed by atoms with van der Waals surface area (Å²) in [4.78, 5) is 14.5. The summed E-state index contributed by atoms with van der Waals surface area (Å²) in [6, 6.07) is 3.98. The number of rotatable bonds is 8. The molecule has 0 radical (unpaired) electrons. The highest BCUT2D eigenvalue weighted by Crippen LogP contribution is 2.35. The van der Waals surface area contributed by atoms with Crippen LogP contribution in [0.3, 0.4) is 0 Å². The molecular weight excluding hydrogens is 358 g/mol. The molecule has 8 nitrogen and oxygen atoms in total. The third kappa shape index (κ3) is 5.25. The summed E-state index contributed by atoms with van der Waals surface area (Å²) in [6.07, 6.45) is 1.87. The number of nitrogens with one attached hydrogen (secondary N) is 1. The van der Waals surface area contributed by atoms with Crippen molar-refractivity contribution in [1.29, 1.82) is 0 Å². The van der Waals surface area contributed by atoms with Crippen LogP contribution in [0.4, 0.5) is 5.69 Å². The number of fused-ring (bicyclic) bond motifs is 1. The smallest absolute Gasteiger partial charge is 0.243 e. The van der Waals surface area contributed by atoms with E-state index in [1.165, 1.54) is 0 Å². The van der Waals surface area contributed by atoms with Gasteiger partial charge in [-0.2, -0.15) is 0 Å². The van der Waals surface area contributed by atoms with Crippen LogP contribution in [0.5, 0.6) is 11.5 Å². The van der Waals surface area contributed by atoms with Crippen LogP contribution < -0.4 is 19.1 Å². The first kappa shape index (κ1) is 20.3. The standard InChI is InChI=1S/C17H27N3O5S/c1-13(17(21)18-8-5-9-19(2)3)20(26(4,22)23)14-6-7-15-16(12-14)25-11-10-24-15/h6-7,12-13H,5,8-11H2,1-4H3,(H,18,21)/t13-/m0/s1. The monoisotopic (exact) mass is 385 g/mol. The summed E-state index contributed by atoms with van der Waals surface area (Å²) in [5.41, 5.74) is 0.368. The highest BCUT2D eigenvalue weighted by molar-refractivity contribution is 7.92. The Kier molecular flexibility index (Phi) is 6.71. The molecule has 0 spiro atoms. The summed E-state index contributed by atoms with van der Waals surface area (Å²) < 4.78 is 36.7. The summed E-state index contributed by atoms with van der Waals surface area (Å²) in [5, 5.41) is 2.79. The fourth-order valence-corrected chi connectivity index (χ4v) is 3.90. The SMILES string of the molecule is C[C@@H](C(=O)NCCCN(C)C)N(c1ccc2c(c1)OCCO2)S(C)(=O)=O. The van der Waals surface area contributed by atoms with E-state index in [1.54, 1.807) is 25.1 Å². The Balaban J connectivity index is 2.15. The van der Waals surface area contributed by atoms with Crippen LogP contribution >= 0.6 is 0 Å². The average molecular weight is 385 g/mol. The molecule has 0 aliphatic carbocycles. The number of benzene rings is 1. The van der Waals surface area contributed by atoms with Crippen molar-refractivity contribution in [3.8, 4) is 11.5 Å². The van der Waals surface area contributed by atoms with E-state index in [2.05, 4.69) is 5.32 Å². The van der Waals surface area contributed by atoms with Crippen molar-refractivity contribution in [2.45, 2.75) is 19.4 Å². The van der Waals surface area contributed by atoms with Crippen molar-refractivity contribution in [3.05, 3.63) is 18.2 Å². The zero-order valence-corrected chi connectivity index (χ0v) is 16.5. The highest BCUT2D eigenvalue weighted by atomic mass is 32.2. The van der Waals surface area contributed by atoms with Gasteiger partial charge in [0.1, 0.15) is 19.3 Å². The number of sulfonamides is 1. The lowest BCUT2D eigenvalue weighted by Gasteiger charge is -2.29. The fraction of sp³-hybridized carbons (Fsp3) is 0.588. The Morgan fingerprint density at radius 1 is 1.23 bits per heavy atom. The molecule has 2 rings (SSSR count). The number of ether oxygens (including phenoxy) is 2. The number of nitrogens with zero attached hydrogens (tertiary/aromatic N) is 2. The van der Waals surface area contributed by atoms with Gasteiger partial charge >= 0.3 is 0 Å². The first-order valence-electron chi connectivity index (χ1n) is 8.51. The van der Waals surface area contributed by atoms with Gasteiger partial charge in [0.15, 0.2) is 11.5 Å². The van der Waals surface area contributed by atoms with Crippen molar-refractivity contribution >= 4 is 21.6 Å². The summed E-state index contributed by atoms with van der Waals surface area (Å²) in [7, 11) is 0.247. The van der Waals surface area contributed by atoms with Crippen LogP contribution in [-0.4, -0.2) is 71.9 Å². The second-order valence-electron chi connectivity index (χ2n) is 6.51. The lowest BCUT2D eigenvalue weighted by Crippen LogP contribution is -2.48. The van der Waals surface area contributed by atoms with Gasteiger partial charge in [-0.25, -0.2) is 8.42 Å².